The fraction of sp³-hybridized carbons (Fsp3) is 0.444. The Bertz CT molecular complexity index is 751. The van der Waals surface area contributed by atoms with E-state index in [1.807, 2.05) is 44.2 Å². The summed E-state index contributed by atoms with van der Waals surface area (Å²) in [5.41, 5.74) is 1.05. The van der Waals surface area contributed by atoms with E-state index < -0.39 is 0 Å². The van der Waals surface area contributed by atoms with E-state index in [-0.39, 0.29) is 23.7 Å². The van der Waals surface area contributed by atoms with Crippen LogP contribution in [-0.4, -0.2) is 58.1 Å². The number of nitrogens with zero attached hydrogens (tertiary/aromatic N) is 4. The van der Waals surface area contributed by atoms with Crippen molar-refractivity contribution in [1.29, 1.82) is 0 Å². The summed E-state index contributed by atoms with van der Waals surface area (Å²) in [5.74, 6) is 0.255. The molecule has 0 spiro atoms. The zero-order chi connectivity index (χ0) is 18.5. The summed E-state index contributed by atoms with van der Waals surface area (Å²) in [7, 11) is 0. The Morgan fingerprint density at radius 3 is 2.35 bits per heavy atom. The molecule has 2 heterocycles. The highest BCUT2D eigenvalue weighted by Crippen LogP contribution is 2.14. The quantitative estimate of drug-likeness (QED) is 0.902. The van der Waals surface area contributed by atoms with Gasteiger partial charge in [-0.05, 0) is 5.56 Å². The summed E-state index contributed by atoms with van der Waals surface area (Å²) in [6, 6.07) is 9.62. The van der Waals surface area contributed by atoms with Crippen molar-refractivity contribution >= 4 is 11.9 Å². The lowest BCUT2D eigenvalue weighted by molar-refractivity contribution is 0.0624. The zero-order valence-corrected chi connectivity index (χ0v) is 15.0. The molecule has 3 amide bonds. The van der Waals surface area contributed by atoms with Crippen LogP contribution in [0.2, 0.25) is 0 Å². The number of amides is 3. The van der Waals surface area contributed by atoms with Crippen molar-refractivity contribution in [2.24, 2.45) is 0 Å². The Kier molecular flexibility index (Phi) is 5.50. The highest BCUT2D eigenvalue weighted by molar-refractivity contribution is 5.89. The van der Waals surface area contributed by atoms with Gasteiger partial charge >= 0.3 is 17.8 Å². The van der Waals surface area contributed by atoms with E-state index in [0.717, 1.165) is 5.56 Å². The minimum Gasteiger partial charge on any atom is -0.417 e. The molecule has 0 aliphatic carbocycles. The van der Waals surface area contributed by atoms with Crippen molar-refractivity contribution in [3.8, 4) is 0 Å². The van der Waals surface area contributed by atoms with Crippen LogP contribution >= 0.6 is 0 Å². The molecule has 138 valence electrons. The van der Waals surface area contributed by atoms with Gasteiger partial charge in [-0.25, -0.2) is 4.79 Å². The average molecular weight is 357 g/mol. The van der Waals surface area contributed by atoms with Gasteiger partial charge in [0, 0.05) is 38.6 Å². The number of carbonyl (C=O) groups is 2. The van der Waals surface area contributed by atoms with Crippen LogP contribution < -0.4 is 5.32 Å². The molecule has 1 aromatic heterocycles. The van der Waals surface area contributed by atoms with Crippen molar-refractivity contribution in [3.63, 3.8) is 0 Å². The third-order valence-corrected chi connectivity index (χ3v) is 4.26. The van der Waals surface area contributed by atoms with Crippen LogP contribution in [0.25, 0.3) is 0 Å². The second-order valence-electron chi connectivity index (χ2n) is 6.52. The van der Waals surface area contributed by atoms with Gasteiger partial charge < -0.3 is 19.5 Å². The van der Waals surface area contributed by atoms with E-state index in [9.17, 15) is 9.59 Å². The first-order valence-electron chi connectivity index (χ1n) is 8.74. The molecule has 1 saturated heterocycles. The van der Waals surface area contributed by atoms with Gasteiger partial charge in [0.25, 0.3) is 0 Å². The maximum Gasteiger partial charge on any atom is 0.317 e. The minimum absolute atomic E-state index is 0.00989. The molecule has 26 heavy (non-hydrogen) atoms. The van der Waals surface area contributed by atoms with Crippen molar-refractivity contribution in [2.75, 3.05) is 26.2 Å². The Morgan fingerprint density at radius 2 is 1.73 bits per heavy atom. The predicted molar refractivity (Wildman–Crippen MR) is 94.5 cm³/mol. The summed E-state index contributed by atoms with van der Waals surface area (Å²) in [5, 5.41) is 10.6. The van der Waals surface area contributed by atoms with Crippen LogP contribution in [0, 0.1) is 0 Å². The number of benzene rings is 1. The maximum absolute atomic E-state index is 12.4. The number of aromatic nitrogens is 2. The van der Waals surface area contributed by atoms with Crippen molar-refractivity contribution < 1.29 is 14.0 Å². The first kappa shape index (κ1) is 17.9. The fourth-order valence-corrected chi connectivity index (χ4v) is 2.69. The Hall–Kier alpha value is -2.90. The molecular formula is C18H23N5O3. The summed E-state index contributed by atoms with van der Waals surface area (Å²) in [6.45, 7) is 6.16. The zero-order valence-electron chi connectivity index (χ0n) is 15.0. The monoisotopic (exact) mass is 357 g/mol. The van der Waals surface area contributed by atoms with Gasteiger partial charge in [0.15, 0.2) is 0 Å². The molecule has 1 fully saturated rings. The van der Waals surface area contributed by atoms with E-state index in [1.165, 1.54) is 0 Å². The number of hydrogen-bond donors (Lipinski definition) is 1. The molecule has 0 atom stereocenters. The number of piperazine rings is 1. The van der Waals surface area contributed by atoms with Crippen LogP contribution in [-0.2, 0) is 6.54 Å². The van der Waals surface area contributed by atoms with Gasteiger partial charge in [-0.1, -0.05) is 44.2 Å². The van der Waals surface area contributed by atoms with E-state index in [0.29, 0.717) is 38.6 Å². The number of rotatable bonds is 4. The number of nitrogens with one attached hydrogen (secondary N) is 1. The number of carbonyl (C=O) groups excluding carboxylic acids is 2. The van der Waals surface area contributed by atoms with Crippen LogP contribution in [0.5, 0.6) is 0 Å². The molecule has 0 saturated carbocycles. The summed E-state index contributed by atoms with van der Waals surface area (Å²) < 4.78 is 5.42. The predicted octanol–water partition coefficient (Wildman–Crippen LogP) is 1.86. The molecule has 8 heteroatoms. The Morgan fingerprint density at radius 1 is 1.08 bits per heavy atom. The van der Waals surface area contributed by atoms with E-state index >= 15 is 0 Å². The highest BCUT2D eigenvalue weighted by Gasteiger charge is 2.28. The second-order valence-corrected chi connectivity index (χ2v) is 6.52. The third kappa shape index (κ3) is 4.19. The molecule has 1 N–H and O–H groups in total. The van der Waals surface area contributed by atoms with Gasteiger partial charge in [0.05, 0.1) is 0 Å². The first-order valence-corrected chi connectivity index (χ1v) is 8.74. The van der Waals surface area contributed by atoms with Crippen molar-refractivity contribution in [3.05, 3.63) is 47.7 Å². The smallest absolute Gasteiger partial charge is 0.317 e. The lowest BCUT2D eigenvalue weighted by Crippen LogP contribution is -2.53. The lowest BCUT2D eigenvalue weighted by atomic mass is 10.2. The third-order valence-electron chi connectivity index (χ3n) is 4.26. The van der Waals surface area contributed by atoms with Crippen molar-refractivity contribution in [2.45, 2.75) is 26.3 Å². The molecule has 3 rings (SSSR count). The molecule has 1 aliphatic rings. The topological polar surface area (TPSA) is 91.6 Å². The number of urea groups is 1. The Balaban J connectivity index is 1.48. The summed E-state index contributed by atoms with van der Waals surface area (Å²) >= 11 is 0. The molecule has 0 unspecified atom stereocenters. The standard InChI is InChI=1S/C18H23N5O3/c1-13(2)15-20-21-16(26-15)17(24)22-8-10-23(11-9-22)18(25)19-12-14-6-4-3-5-7-14/h3-7,13H,8-12H2,1-2H3,(H,19,25). The highest BCUT2D eigenvalue weighted by atomic mass is 16.4. The van der Waals surface area contributed by atoms with Crippen LogP contribution in [0.3, 0.4) is 0 Å². The largest absolute Gasteiger partial charge is 0.417 e. The maximum atomic E-state index is 12.4. The van der Waals surface area contributed by atoms with Gasteiger partial charge in [-0.2, -0.15) is 0 Å². The summed E-state index contributed by atoms with van der Waals surface area (Å²) in [6.07, 6.45) is 0. The first-order chi connectivity index (χ1) is 12.5. The molecule has 1 aliphatic heterocycles. The molecule has 1 aromatic carbocycles. The molecule has 0 bridgehead atoms. The number of hydrogen-bond acceptors (Lipinski definition) is 5. The van der Waals surface area contributed by atoms with Crippen LogP contribution in [0.4, 0.5) is 4.79 Å². The van der Waals surface area contributed by atoms with Crippen molar-refractivity contribution in [1.82, 2.24) is 25.3 Å². The van der Waals surface area contributed by atoms with Gasteiger partial charge in [-0.15, -0.1) is 10.2 Å². The van der Waals surface area contributed by atoms with Crippen LogP contribution in [0.15, 0.2) is 34.7 Å². The minimum atomic E-state index is -0.284. The lowest BCUT2D eigenvalue weighted by Gasteiger charge is -2.34. The molecule has 8 nitrogen and oxygen atoms in total. The van der Waals surface area contributed by atoms with E-state index in [1.54, 1.807) is 9.80 Å². The van der Waals surface area contributed by atoms with Gasteiger partial charge in [0.1, 0.15) is 0 Å². The SMILES string of the molecule is CC(C)c1nnc(C(=O)N2CCN(C(=O)NCc3ccccc3)CC2)o1. The van der Waals surface area contributed by atoms with Gasteiger partial charge in [0.2, 0.25) is 5.89 Å². The second kappa shape index (κ2) is 7.99. The normalized spacial score (nSPS) is 14.6. The van der Waals surface area contributed by atoms with Crippen LogP contribution in [0.1, 0.15) is 41.9 Å². The fourth-order valence-electron chi connectivity index (χ4n) is 2.69. The molecule has 2 aromatic rings. The summed E-state index contributed by atoms with van der Waals surface area (Å²) in [4.78, 5) is 28.0. The Labute approximate surface area is 152 Å². The van der Waals surface area contributed by atoms with E-state index in [4.69, 9.17) is 4.42 Å². The average Bonchev–Trinajstić information content (AvgIpc) is 3.17. The van der Waals surface area contributed by atoms with Gasteiger partial charge in [-0.3, -0.25) is 4.79 Å². The van der Waals surface area contributed by atoms with E-state index in [2.05, 4.69) is 15.5 Å². The molecule has 0 radical (unpaired) electrons. The molecular weight excluding hydrogens is 334 g/mol.